The molecule has 2 aromatic heterocycles. The van der Waals surface area contributed by atoms with Crippen LogP contribution in [0.5, 0.6) is 0 Å². The molecule has 3 rings (SSSR count). The Morgan fingerprint density at radius 1 is 1.25 bits per heavy atom. The molecule has 0 fully saturated rings. The first-order valence-corrected chi connectivity index (χ1v) is 6.99. The first-order chi connectivity index (χ1) is 9.65. The minimum Gasteiger partial charge on any atom is -0.396 e. The van der Waals surface area contributed by atoms with E-state index in [1.807, 2.05) is 42.2 Å². The monoisotopic (exact) mass is 331 g/mol. The van der Waals surface area contributed by atoms with Gasteiger partial charge in [-0.05, 0) is 17.7 Å². The number of aryl methyl sites for hydroxylation is 1. The second-order valence-electron chi connectivity index (χ2n) is 4.56. The van der Waals surface area contributed by atoms with E-state index < -0.39 is 0 Å². The highest BCUT2D eigenvalue weighted by Gasteiger charge is 2.12. The van der Waals surface area contributed by atoms with Gasteiger partial charge in [0.25, 0.3) is 0 Å². The second kappa shape index (κ2) is 5.13. The van der Waals surface area contributed by atoms with E-state index in [0.29, 0.717) is 12.2 Å². The van der Waals surface area contributed by atoms with Crippen molar-refractivity contribution in [3.05, 3.63) is 52.8 Å². The molecule has 2 heterocycles. The topological polar surface area (TPSA) is 61.7 Å². The molecule has 0 bridgehead atoms. The summed E-state index contributed by atoms with van der Waals surface area (Å²) >= 11 is 3.54. The van der Waals surface area contributed by atoms with Gasteiger partial charge in [0, 0.05) is 23.9 Å². The number of nitrogens with two attached hydrogens (primary N) is 1. The lowest BCUT2D eigenvalue weighted by molar-refractivity contribution is 0.683. The number of hydrogen-bond acceptors (Lipinski definition) is 3. The Morgan fingerprint density at radius 2 is 2.05 bits per heavy atom. The van der Waals surface area contributed by atoms with E-state index >= 15 is 0 Å². The maximum Gasteiger partial charge on any atom is 0.133 e. The van der Waals surface area contributed by atoms with Gasteiger partial charge in [-0.3, -0.25) is 9.36 Å². The van der Waals surface area contributed by atoms with E-state index in [1.165, 1.54) is 0 Å². The minimum absolute atomic E-state index is 0.653. The maximum absolute atomic E-state index is 6.06. The molecule has 0 spiro atoms. The van der Waals surface area contributed by atoms with Crippen LogP contribution in [0.25, 0.3) is 11.4 Å². The zero-order chi connectivity index (χ0) is 14.1. The highest BCUT2D eigenvalue weighted by atomic mass is 79.9. The maximum atomic E-state index is 6.06. The van der Waals surface area contributed by atoms with E-state index in [-0.39, 0.29) is 0 Å². The Hall–Kier alpha value is -2.08. The average molecular weight is 332 g/mol. The molecule has 0 saturated heterocycles. The quantitative estimate of drug-likeness (QED) is 0.802. The molecule has 0 saturated carbocycles. The molecule has 5 nitrogen and oxygen atoms in total. The van der Waals surface area contributed by atoms with Gasteiger partial charge in [0.15, 0.2) is 0 Å². The lowest BCUT2D eigenvalue weighted by Crippen LogP contribution is -2.02. The fourth-order valence-electron chi connectivity index (χ4n) is 2.12. The van der Waals surface area contributed by atoms with E-state index in [2.05, 4.69) is 32.2 Å². The number of hydrogen-bond donors (Lipinski definition) is 1. The van der Waals surface area contributed by atoms with E-state index in [9.17, 15) is 0 Å². The van der Waals surface area contributed by atoms with Crippen molar-refractivity contribution in [2.75, 3.05) is 5.73 Å². The first-order valence-electron chi connectivity index (χ1n) is 6.20. The Bertz CT molecular complexity index is 744. The third-order valence-electron chi connectivity index (χ3n) is 3.14. The summed E-state index contributed by atoms with van der Waals surface area (Å²) in [6.45, 7) is 0.670. The Morgan fingerprint density at radius 3 is 2.75 bits per heavy atom. The summed E-state index contributed by atoms with van der Waals surface area (Å²) < 4.78 is 4.68. The predicted octanol–water partition coefficient (Wildman–Crippen LogP) is 2.68. The van der Waals surface area contributed by atoms with E-state index in [4.69, 9.17) is 5.73 Å². The lowest BCUT2D eigenvalue weighted by Gasteiger charge is -2.04. The normalized spacial score (nSPS) is 10.9. The van der Waals surface area contributed by atoms with Crippen LogP contribution in [0.1, 0.15) is 5.56 Å². The fraction of sp³-hybridized carbons (Fsp3) is 0.143. The summed E-state index contributed by atoms with van der Waals surface area (Å²) in [5.74, 6) is 0. The summed E-state index contributed by atoms with van der Waals surface area (Å²) in [6, 6.07) is 9.98. The number of benzene rings is 1. The van der Waals surface area contributed by atoms with Crippen molar-refractivity contribution in [2.24, 2.45) is 7.05 Å². The number of nitrogen functional groups attached to an aromatic ring is 1. The van der Waals surface area contributed by atoms with Gasteiger partial charge in [0.2, 0.25) is 0 Å². The van der Waals surface area contributed by atoms with Gasteiger partial charge in [-0.2, -0.15) is 10.2 Å². The molecule has 0 aliphatic rings. The zero-order valence-corrected chi connectivity index (χ0v) is 12.6. The molecule has 102 valence electrons. The summed E-state index contributed by atoms with van der Waals surface area (Å²) in [7, 11) is 1.88. The van der Waals surface area contributed by atoms with Gasteiger partial charge in [0.05, 0.1) is 17.9 Å². The molecule has 0 aliphatic carbocycles. The van der Waals surface area contributed by atoms with Crippen LogP contribution in [0.2, 0.25) is 0 Å². The van der Waals surface area contributed by atoms with Crippen molar-refractivity contribution in [3.63, 3.8) is 0 Å². The van der Waals surface area contributed by atoms with Crippen molar-refractivity contribution < 1.29 is 0 Å². The number of rotatable bonds is 3. The molecule has 0 aliphatic heterocycles. The zero-order valence-electron chi connectivity index (χ0n) is 11.0. The molecule has 0 unspecified atom stereocenters. The number of halogens is 1. The summed E-state index contributed by atoms with van der Waals surface area (Å²) in [5, 5.41) is 8.71. The molecule has 0 radical (unpaired) electrons. The van der Waals surface area contributed by atoms with Gasteiger partial charge in [-0.15, -0.1) is 0 Å². The largest absolute Gasteiger partial charge is 0.396 e. The van der Waals surface area contributed by atoms with Crippen molar-refractivity contribution in [2.45, 2.75) is 6.54 Å². The molecule has 1 aromatic carbocycles. The lowest BCUT2D eigenvalue weighted by atomic mass is 10.2. The molecule has 2 N–H and O–H groups in total. The van der Waals surface area contributed by atoms with Crippen LogP contribution in [-0.2, 0) is 13.6 Å². The molecule has 0 atom stereocenters. The fourth-order valence-corrected chi connectivity index (χ4v) is 2.53. The Kier molecular flexibility index (Phi) is 3.31. The molecule has 6 heteroatoms. The SMILES string of the molecule is Cn1nccc1-c1nn(Cc2ccccc2Br)cc1N. The third kappa shape index (κ3) is 2.34. The molecule has 0 amide bonds. The van der Waals surface area contributed by atoms with Crippen molar-refractivity contribution >= 4 is 21.6 Å². The van der Waals surface area contributed by atoms with E-state index in [0.717, 1.165) is 21.4 Å². The molecular weight excluding hydrogens is 318 g/mol. The number of nitrogens with zero attached hydrogens (tertiary/aromatic N) is 4. The molecule has 20 heavy (non-hydrogen) atoms. The number of anilines is 1. The standard InChI is InChI=1S/C14H14BrN5/c1-19-13(6-7-17-19)14-12(16)9-20(18-14)8-10-4-2-3-5-11(10)15/h2-7,9H,8,16H2,1H3. The highest BCUT2D eigenvalue weighted by Crippen LogP contribution is 2.24. The van der Waals surface area contributed by atoms with E-state index in [1.54, 1.807) is 10.9 Å². The predicted molar refractivity (Wildman–Crippen MR) is 82.1 cm³/mol. The van der Waals surface area contributed by atoms with Crippen molar-refractivity contribution in [3.8, 4) is 11.4 Å². The van der Waals surface area contributed by atoms with Crippen LogP contribution in [0.3, 0.4) is 0 Å². The third-order valence-corrected chi connectivity index (χ3v) is 3.92. The Balaban J connectivity index is 1.94. The van der Waals surface area contributed by atoms with Gasteiger partial charge >= 0.3 is 0 Å². The minimum atomic E-state index is 0.653. The van der Waals surface area contributed by atoms with Crippen LogP contribution in [-0.4, -0.2) is 19.6 Å². The van der Waals surface area contributed by atoms with Crippen molar-refractivity contribution in [1.29, 1.82) is 0 Å². The van der Waals surface area contributed by atoms with Gasteiger partial charge < -0.3 is 5.73 Å². The van der Waals surface area contributed by atoms with Crippen molar-refractivity contribution in [1.82, 2.24) is 19.6 Å². The van der Waals surface area contributed by atoms with Gasteiger partial charge in [-0.1, -0.05) is 34.1 Å². The van der Waals surface area contributed by atoms with Crippen LogP contribution >= 0.6 is 15.9 Å². The second-order valence-corrected chi connectivity index (χ2v) is 5.42. The van der Waals surface area contributed by atoms with Crippen LogP contribution in [0, 0.1) is 0 Å². The smallest absolute Gasteiger partial charge is 0.133 e. The van der Waals surface area contributed by atoms with Gasteiger partial charge in [-0.25, -0.2) is 0 Å². The average Bonchev–Trinajstić information content (AvgIpc) is 2.98. The summed E-state index contributed by atoms with van der Waals surface area (Å²) in [6.07, 6.45) is 3.59. The summed E-state index contributed by atoms with van der Waals surface area (Å²) in [5.41, 5.74) is 9.54. The van der Waals surface area contributed by atoms with Crippen LogP contribution in [0.15, 0.2) is 47.2 Å². The molecular formula is C14H14BrN5. The Labute approximate surface area is 125 Å². The first kappa shape index (κ1) is 12.9. The van der Waals surface area contributed by atoms with Crippen LogP contribution in [0.4, 0.5) is 5.69 Å². The summed E-state index contributed by atoms with van der Waals surface area (Å²) in [4.78, 5) is 0. The number of aromatic nitrogens is 4. The molecule has 3 aromatic rings. The van der Waals surface area contributed by atoms with Gasteiger partial charge in [0.1, 0.15) is 5.69 Å². The van der Waals surface area contributed by atoms with Crippen LogP contribution < -0.4 is 5.73 Å². The highest BCUT2D eigenvalue weighted by molar-refractivity contribution is 9.10.